The Hall–Kier alpha value is -1.70. The molecule has 1 aliphatic rings. The maximum atomic E-state index is 11.8. The van der Waals surface area contributed by atoms with Crippen molar-refractivity contribution in [3.8, 4) is 0 Å². The highest BCUT2D eigenvalue weighted by atomic mass is 32.2. The molecule has 0 amide bonds. The van der Waals surface area contributed by atoms with Crippen molar-refractivity contribution in [2.45, 2.75) is 43.2 Å². The molecule has 124 valence electrons. The molecule has 2 atom stereocenters. The van der Waals surface area contributed by atoms with Crippen molar-refractivity contribution in [1.82, 2.24) is 20.2 Å². The number of hydrogen-bond acceptors (Lipinski definition) is 4. The van der Waals surface area contributed by atoms with Gasteiger partial charge in [0, 0.05) is 17.8 Å². The number of nitrogens with zero attached hydrogens (tertiary/aromatic N) is 1. The number of fused-ring (bicyclic) bond motifs is 1. The topological polar surface area (TPSA) is 86.9 Å². The minimum atomic E-state index is -3.38. The molecule has 1 heterocycles. The number of hydrogen-bond donors (Lipinski definition) is 3. The van der Waals surface area contributed by atoms with Gasteiger partial charge in [-0.15, -0.1) is 0 Å². The lowest BCUT2D eigenvalue weighted by atomic mass is 9.92. The van der Waals surface area contributed by atoms with Crippen LogP contribution in [0.25, 0.3) is 0 Å². The molecular formula is C16H22N4O2S. The van der Waals surface area contributed by atoms with Gasteiger partial charge in [-0.1, -0.05) is 12.1 Å². The predicted octanol–water partition coefficient (Wildman–Crippen LogP) is 1.53. The fourth-order valence-electron chi connectivity index (χ4n) is 3.06. The number of rotatable bonds is 5. The highest BCUT2D eigenvalue weighted by Gasteiger charge is 2.21. The van der Waals surface area contributed by atoms with Crippen LogP contribution in [0.5, 0.6) is 0 Å². The van der Waals surface area contributed by atoms with E-state index >= 15 is 0 Å². The zero-order valence-corrected chi connectivity index (χ0v) is 14.2. The first kappa shape index (κ1) is 16.2. The van der Waals surface area contributed by atoms with Gasteiger partial charge in [-0.05, 0) is 56.5 Å². The van der Waals surface area contributed by atoms with Gasteiger partial charge in [-0.2, -0.15) is 5.10 Å². The summed E-state index contributed by atoms with van der Waals surface area (Å²) >= 11 is 0. The van der Waals surface area contributed by atoms with Crippen molar-refractivity contribution in [2.75, 3.05) is 7.05 Å². The summed E-state index contributed by atoms with van der Waals surface area (Å²) in [6.07, 6.45) is 4.97. The van der Waals surface area contributed by atoms with E-state index in [1.165, 1.54) is 18.3 Å². The van der Waals surface area contributed by atoms with Gasteiger partial charge < -0.3 is 5.32 Å². The molecule has 23 heavy (non-hydrogen) atoms. The third kappa shape index (κ3) is 3.46. The first-order valence-corrected chi connectivity index (χ1v) is 9.28. The standard InChI is InChI=1S/C16H22N4O2S/c1-11(12-3-6-15(7-4-12)23(21,22)17-2)19-14-5-8-16-13(9-14)10-18-20-16/h3-4,6-7,10-11,14,17,19H,5,8-9H2,1-2H3,(H,18,20). The van der Waals surface area contributed by atoms with Crippen LogP contribution in [0.3, 0.4) is 0 Å². The van der Waals surface area contributed by atoms with Crippen LogP contribution < -0.4 is 10.0 Å². The van der Waals surface area contributed by atoms with Crippen LogP contribution in [-0.4, -0.2) is 31.7 Å². The minimum absolute atomic E-state index is 0.166. The van der Waals surface area contributed by atoms with E-state index in [1.807, 2.05) is 18.3 Å². The van der Waals surface area contributed by atoms with Crippen LogP contribution in [0.1, 0.15) is 36.2 Å². The molecule has 0 fully saturated rings. The molecule has 3 rings (SSSR count). The second-order valence-electron chi connectivity index (χ2n) is 5.98. The lowest BCUT2D eigenvalue weighted by molar-refractivity contribution is 0.412. The summed E-state index contributed by atoms with van der Waals surface area (Å²) < 4.78 is 25.8. The van der Waals surface area contributed by atoms with E-state index in [0.717, 1.165) is 24.8 Å². The van der Waals surface area contributed by atoms with Gasteiger partial charge in [0.15, 0.2) is 0 Å². The van der Waals surface area contributed by atoms with Crippen molar-refractivity contribution in [3.05, 3.63) is 47.3 Å². The van der Waals surface area contributed by atoms with Crippen molar-refractivity contribution in [1.29, 1.82) is 0 Å². The second kappa shape index (κ2) is 6.43. The van der Waals surface area contributed by atoms with Crippen molar-refractivity contribution in [3.63, 3.8) is 0 Å². The molecule has 1 aromatic heterocycles. The summed E-state index contributed by atoms with van der Waals surface area (Å²) in [7, 11) is -1.96. The summed E-state index contributed by atoms with van der Waals surface area (Å²) in [6, 6.07) is 7.61. The van der Waals surface area contributed by atoms with Crippen molar-refractivity contribution >= 4 is 10.0 Å². The van der Waals surface area contributed by atoms with Crippen molar-refractivity contribution in [2.24, 2.45) is 0 Å². The zero-order chi connectivity index (χ0) is 16.4. The molecule has 0 bridgehead atoms. The van der Waals surface area contributed by atoms with Gasteiger partial charge in [0.1, 0.15) is 0 Å². The Morgan fingerprint density at radius 3 is 2.74 bits per heavy atom. The summed E-state index contributed by atoms with van der Waals surface area (Å²) in [4.78, 5) is 0.289. The smallest absolute Gasteiger partial charge is 0.240 e. The van der Waals surface area contributed by atoms with E-state index in [9.17, 15) is 8.42 Å². The van der Waals surface area contributed by atoms with Gasteiger partial charge in [0.25, 0.3) is 0 Å². The van der Waals surface area contributed by atoms with E-state index < -0.39 is 10.0 Å². The van der Waals surface area contributed by atoms with E-state index in [2.05, 4.69) is 27.2 Å². The third-order valence-corrected chi connectivity index (χ3v) is 5.89. The average Bonchev–Trinajstić information content (AvgIpc) is 3.02. The molecule has 2 aromatic rings. The Labute approximate surface area is 136 Å². The SMILES string of the molecule is CNS(=O)(=O)c1ccc(C(C)NC2CCc3[nH]ncc3C2)cc1. The van der Waals surface area contributed by atoms with Gasteiger partial charge in [-0.25, -0.2) is 13.1 Å². The second-order valence-corrected chi connectivity index (χ2v) is 7.86. The summed E-state index contributed by atoms with van der Waals surface area (Å²) in [6.45, 7) is 2.10. The Kier molecular flexibility index (Phi) is 4.52. The summed E-state index contributed by atoms with van der Waals surface area (Å²) in [5, 5.41) is 10.8. The summed E-state index contributed by atoms with van der Waals surface area (Å²) in [5.41, 5.74) is 3.62. The fourth-order valence-corrected chi connectivity index (χ4v) is 3.79. The molecular weight excluding hydrogens is 312 g/mol. The Morgan fingerprint density at radius 1 is 1.30 bits per heavy atom. The number of nitrogens with one attached hydrogen (secondary N) is 3. The molecule has 0 saturated carbocycles. The molecule has 2 unspecified atom stereocenters. The van der Waals surface area contributed by atoms with Gasteiger partial charge >= 0.3 is 0 Å². The number of aromatic amines is 1. The molecule has 1 aromatic carbocycles. The van der Waals surface area contributed by atoms with E-state index in [-0.39, 0.29) is 10.9 Å². The van der Waals surface area contributed by atoms with E-state index in [4.69, 9.17) is 0 Å². The normalized spacial score (nSPS) is 19.3. The lowest BCUT2D eigenvalue weighted by Gasteiger charge is -2.26. The molecule has 7 heteroatoms. The lowest BCUT2D eigenvalue weighted by Crippen LogP contribution is -2.36. The van der Waals surface area contributed by atoms with E-state index in [1.54, 1.807) is 12.1 Å². The van der Waals surface area contributed by atoms with Gasteiger partial charge in [0.05, 0.1) is 11.1 Å². The van der Waals surface area contributed by atoms with Crippen LogP contribution in [0.4, 0.5) is 0 Å². The monoisotopic (exact) mass is 334 g/mol. The average molecular weight is 334 g/mol. The number of aryl methyl sites for hydroxylation is 1. The first-order valence-electron chi connectivity index (χ1n) is 7.80. The van der Waals surface area contributed by atoms with Crippen LogP contribution in [0.2, 0.25) is 0 Å². The predicted molar refractivity (Wildman–Crippen MR) is 88.6 cm³/mol. The Balaban J connectivity index is 1.66. The van der Waals surface area contributed by atoms with E-state index in [0.29, 0.717) is 6.04 Å². The third-order valence-electron chi connectivity index (χ3n) is 4.46. The summed E-state index contributed by atoms with van der Waals surface area (Å²) in [5.74, 6) is 0. The highest BCUT2D eigenvalue weighted by molar-refractivity contribution is 7.89. The van der Waals surface area contributed by atoms with Crippen molar-refractivity contribution < 1.29 is 8.42 Å². The maximum Gasteiger partial charge on any atom is 0.240 e. The largest absolute Gasteiger partial charge is 0.307 e. The fraction of sp³-hybridized carbons (Fsp3) is 0.438. The molecule has 6 nitrogen and oxygen atoms in total. The van der Waals surface area contributed by atoms with Gasteiger partial charge in [0.2, 0.25) is 10.0 Å². The van der Waals surface area contributed by atoms with Gasteiger partial charge in [-0.3, -0.25) is 5.10 Å². The van der Waals surface area contributed by atoms with Crippen LogP contribution in [-0.2, 0) is 22.9 Å². The Bertz CT molecular complexity index is 768. The number of aromatic nitrogens is 2. The zero-order valence-electron chi connectivity index (χ0n) is 13.3. The molecule has 0 radical (unpaired) electrons. The Morgan fingerprint density at radius 2 is 2.04 bits per heavy atom. The molecule has 1 aliphatic carbocycles. The van der Waals surface area contributed by atoms with Crippen LogP contribution in [0.15, 0.2) is 35.4 Å². The highest BCUT2D eigenvalue weighted by Crippen LogP contribution is 2.22. The quantitative estimate of drug-likeness (QED) is 0.774. The number of sulfonamides is 1. The maximum absolute atomic E-state index is 11.8. The van der Waals surface area contributed by atoms with Crippen LogP contribution in [0, 0.1) is 0 Å². The minimum Gasteiger partial charge on any atom is -0.307 e. The molecule has 3 N–H and O–H groups in total. The number of benzene rings is 1. The molecule has 0 aliphatic heterocycles. The number of H-pyrrole nitrogens is 1. The first-order chi connectivity index (χ1) is 11.0. The molecule has 0 saturated heterocycles. The molecule has 0 spiro atoms. The van der Waals surface area contributed by atoms with Crippen LogP contribution >= 0.6 is 0 Å².